The Morgan fingerprint density at radius 3 is 2.77 bits per heavy atom. The smallest absolute Gasteiger partial charge is 0.228 e. The van der Waals surface area contributed by atoms with E-state index in [4.69, 9.17) is 4.74 Å². The molecular weight excluding hydrogens is 412 g/mol. The van der Waals surface area contributed by atoms with Crippen LogP contribution in [0.1, 0.15) is 24.8 Å². The molecule has 1 amide bonds. The normalized spacial score (nSPS) is 17.1. The molecular formula is C24H30N2O4S. The van der Waals surface area contributed by atoms with Crippen LogP contribution in [0.3, 0.4) is 0 Å². The minimum Gasteiger partial charge on any atom is -0.489 e. The monoisotopic (exact) mass is 442 g/mol. The zero-order valence-electron chi connectivity index (χ0n) is 17.7. The van der Waals surface area contributed by atoms with E-state index in [0.717, 1.165) is 12.0 Å². The van der Waals surface area contributed by atoms with Crippen molar-refractivity contribution < 1.29 is 17.9 Å². The van der Waals surface area contributed by atoms with Crippen LogP contribution in [-0.4, -0.2) is 44.1 Å². The number of nitrogens with one attached hydrogen (secondary N) is 1. The van der Waals surface area contributed by atoms with E-state index in [9.17, 15) is 13.2 Å². The molecule has 3 rings (SSSR count). The van der Waals surface area contributed by atoms with Crippen LogP contribution in [0.2, 0.25) is 0 Å². The SMILES string of the molecule is C=CCOc1cccc(NC(=O)C2CCCN(S(=O)(=O)CCCc3ccccc3)C2)c1. The molecule has 1 fully saturated rings. The van der Waals surface area contributed by atoms with E-state index in [1.165, 1.54) is 4.31 Å². The highest BCUT2D eigenvalue weighted by molar-refractivity contribution is 7.89. The van der Waals surface area contributed by atoms with Gasteiger partial charge in [0.05, 0.1) is 11.7 Å². The molecule has 1 aliphatic heterocycles. The molecule has 1 N–H and O–H groups in total. The van der Waals surface area contributed by atoms with Crippen molar-refractivity contribution in [3.63, 3.8) is 0 Å². The second-order valence-corrected chi connectivity index (χ2v) is 9.81. The molecule has 31 heavy (non-hydrogen) atoms. The van der Waals surface area contributed by atoms with Crippen molar-refractivity contribution in [2.75, 3.05) is 30.8 Å². The number of sulfonamides is 1. The highest BCUT2D eigenvalue weighted by Crippen LogP contribution is 2.23. The lowest BCUT2D eigenvalue weighted by Crippen LogP contribution is -2.44. The maximum Gasteiger partial charge on any atom is 0.228 e. The van der Waals surface area contributed by atoms with Crippen molar-refractivity contribution in [1.29, 1.82) is 0 Å². The molecule has 0 saturated carbocycles. The van der Waals surface area contributed by atoms with Crippen LogP contribution in [0.15, 0.2) is 67.3 Å². The average molecular weight is 443 g/mol. The maximum atomic E-state index is 12.8. The molecule has 1 saturated heterocycles. The number of hydrogen-bond donors (Lipinski definition) is 1. The van der Waals surface area contributed by atoms with Crippen molar-refractivity contribution in [3.8, 4) is 5.75 Å². The summed E-state index contributed by atoms with van der Waals surface area (Å²) in [6.45, 7) is 4.71. The highest BCUT2D eigenvalue weighted by Gasteiger charge is 2.32. The molecule has 7 heteroatoms. The number of carbonyl (C=O) groups is 1. The summed E-state index contributed by atoms with van der Waals surface area (Å²) in [4.78, 5) is 12.8. The summed E-state index contributed by atoms with van der Waals surface area (Å²) in [7, 11) is -3.39. The molecule has 2 aromatic carbocycles. The molecule has 1 unspecified atom stereocenters. The van der Waals surface area contributed by atoms with E-state index >= 15 is 0 Å². The van der Waals surface area contributed by atoms with E-state index in [-0.39, 0.29) is 24.1 Å². The van der Waals surface area contributed by atoms with Crippen LogP contribution < -0.4 is 10.1 Å². The van der Waals surface area contributed by atoms with Gasteiger partial charge in [-0.2, -0.15) is 0 Å². The van der Waals surface area contributed by atoms with E-state index in [0.29, 0.717) is 43.9 Å². The lowest BCUT2D eigenvalue weighted by molar-refractivity contribution is -0.120. The van der Waals surface area contributed by atoms with E-state index in [1.807, 2.05) is 36.4 Å². The van der Waals surface area contributed by atoms with Crippen molar-refractivity contribution in [3.05, 3.63) is 72.8 Å². The summed E-state index contributed by atoms with van der Waals surface area (Å²) in [5.41, 5.74) is 1.77. The van der Waals surface area contributed by atoms with Gasteiger partial charge < -0.3 is 10.1 Å². The molecule has 166 valence electrons. The molecule has 2 aromatic rings. The fraction of sp³-hybridized carbons (Fsp3) is 0.375. The molecule has 0 bridgehead atoms. The minimum absolute atomic E-state index is 0.0962. The molecule has 1 heterocycles. The molecule has 1 aliphatic rings. The van der Waals surface area contributed by atoms with Gasteiger partial charge >= 0.3 is 0 Å². The molecule has 0 aliphatic carbocycles. The van der Waals surface area contributed by atoms with E-state index in [1.54, 1.807) is 24.3 Å². The first kappa shape index (κ1) is 23.0. The Labute approximate surface area is 185 Å². The first-order valence-electron chi connectivity index (χ1n) is 10.6. The van der Waals surface area contributed by atoms with Gasteiger partial charge in [-0.3, -0.25) is 4.79 Å². The van der Waals surface area contributed by atoms with Gasteiger partial charge in [0.2, 0.25) is 15.9 Å². The zero-order valence-corrected chi connectivity index (χ0v) is 18.5. The fourth-order valence-electron chi connectivity index (χ4n) is 3.70. The number of aryl methyl sites for hydroxylation is 1. The molecule has 0 spiro atoms. The minimum atomic E-state index is -3.39. The summed E-state index contributed by atoms with van der Waals surface area (Å²) in [6.07, 6.45) is 4.30. The van der Waals surface area contributed by atoms with E-state index in [2.05, 4.69) is 11.9 Å². The average Bonchev–Trinajstić information content (AvgIpc) is 2.78. The van der Waals surface area contributed by atoms with Gasteiger partial charge in [0.15, 0.2) is 0 Å². The number of benzene rings is 2. The predicted molar refractivity (Wildman–Crippen MR) is 124 cm³/mol. The molecule has 6 nitrogen and oxygen atoms in total. The van der Waals surface area contributed by atoms with Crippen molar-refractivity contribution in [2.24, 2.45) is 5.92 Å². The third-order valence-corrected chi connectivity index (χ3v) is 7.25. The fourth-order valence-corrected chi connectivity index (χ4v) is 5.29. The Balaban J connectivity index is 1.54. The van der Waals surface area contributed by atoms with Gasteiger partial charge in [-0.15, -0.1) is 0 Å². The largest absolute Gasteiger partial charge is 0.489 e. The van der Waals surface area contributed by atoms with Crippen molar-refractivity contribution in [2.45, 2.75) is 25.7 Å². The van der Waals surface area contributed by atoms with Gasteiger partial charge in [-0.05, 0) is 43.4 Å². The lowest BCUT2D eigenvalue weighted by atomic mass is 9.98. The number of carbonyl (C=O) groups excluding carboxylic acids is 1. The second-order valence-electron chi connectivity index (χ2n) is 7.72. The van der Waals surface area contributed by atoms with Crippen LogP contribution in [0.25, 0.3) is 0 Å². The Morgan fingerprint density at radius 1 is 1.19 bits per heavy atom. The molecule has 0 aromatic heterocycles. The summed E-state index contributed by atoms with van der Waals surface area (Å²) >= 11 is 0. The Hall–Kier alpha value is -2.64. The van der Waals surface area contributed by atoms with Gasteiger partial charge in [0.1, 0.15) is 12.4 Å². The molecule has 1 atom stereocenters. The summed E-state index contributed by atoms with van der Waals surface area (Å²) in [5, 5.41) is 2.90. The lowest BCUT2D eigenvalue weighted by Gasteiger charge is -2.31. The van der Waals surface area contributed by atoms with Gasteiger partial charge in [0.25, 0.3) is 0 Å². The standard InChI is InChI=1S/C24H30N2O4S/c1-2-16-30-23-14-6-13-22(18-23)25-24(27)21-12-7-15-26(19-21)31(28,29)17-8-11-20-9-4-3-5-10-20/h2-6,9-10,13-14,18,21H,1,7-8,11-12,15-17,19H2,(H,25,27). The van der Waals surface area contributed by atoms with Crippen molar-refractivity contribution >= 4 is 21.6 Å². The summed E-state index contributed by atoms with van der Waals surface area (Å²) in [5.74, 6) is 0.211. The Bertz CT molecular complexity index is 976. The van der Waals surface area contributed by atoms with Crippen LogP contribution >= 0.6 is 0 Å². The van der Waals surface area contributed by atoms with Crippen LogP contribution in [0, 0.1) is 5.92 Å². The van der Waals surface area contributed by atoms with Gasteiger partial charge in [-0.25, -0.2) is 12.7 Å². The number of ether oxygens (including phenoxy) is 1. The number of piperidine rings is 1. The first-order chi connectivity index (χ1) is 15.0. The number of nitrogens with zero attached hydrogens (tertiary/aromatic N) is 1. The van der Waals surface area contributed by atoms with Crippen LogP contribution in [-0.2, 0) is 21.2 Å². The second kappa shape index (κ2) is 11.1. The zero-order chi connectivity index (χ0) is 22.1. The predicted octanol–water partition coefficient (Wildman–Crippen LogP) is 3.86. The quantitative estimate of drug-likeness (QED) is 0.567. The number of anilines is 1. The highest BCUT2D eigenvalue weighted by atomic mass is 32.2. The number of rotatable bonds is 10. The van der Waals surface area contributed by atoms with Gasteiger partial charge in [-0.1, -0.05) is 49.1 Å². The Morgan fingerprint density at radius 2 is 2.00 bits per heavy atom. The number of hydrogen-bond acceptors (Lipinski definition) is 4. The van der Waals surface area contributed by atoms with Crippen molar-refractivity contribution in [1.82, 2.24) is 4.31 Å². The summed E-state index contributed by atoms with van der Waals surface area (Å²) in [6, 6.07) is 17.0. The first-order valence-corrected chi connectivity index (χ1v) is 12.3. The third-order valence-electron chi connectivity index (χ3n) is 5.33. The topological polar surface area (TPSA) is 75.7 Å². The molecule has 0 radical (unpaired) electrons. The number of amides is 1. The maximum absolute atomic E-state index is 12.8. The third kappa shape index (κ3) is 6.94. The van der Waals surface area contributed by atoms with Crippen LogP contribution in [0.5, 0.6) is 5.75 Å². The van der Waals surface area contributed by atoms with E-state index < -0.39 is 10.0 Å². The summed E-state index contributed by atoms with van der Waals surface area (Å²) < 4.78 is 32.6. The van der Waals surface area contributed by atoms with Gasteiger partial charge in [0, 0.05) is 24.8 Å². The van der Waals surface area contributed by atoms with Crippen LogP contribution in [0.4, 0.5) is 5.69 Å². The Kier molecular flexibility index (Phi) is 8.26.